The maximum absolute atomic E-state index is 11.8. The number of rotatable bonds is 10. The number of carboxylic acids is 1. The quantitative estimate of drug-likeness (QED) is 0.180. The van der Waals surface area contributed by atoms with E-state index in [1.807, 2.05) is 10.6 Å². The second-order valence-corrected chi connectivity index (χ2v) is 4.60. The maximum Gasteiger partial charge on any atom is 0.328 e. The van der Waals surface area contributed by atoms with Gasteiger partial charge in [0.2, 0.25) is 17.7 Å². The number of carboxylic acid groups (broad SMARTS) is 1. The summed E-state index contributed by atoms with van der Waals surface area (Å²) in [5, 5.41) is 41.7. The standard InChI is InChI=1S/C11H19N3O8S/c15-1-5(12-8(18)4-23)9(19)13-6(2-16)10(20)14-7(3-17)11(21)22/h5-7,15-17,23H,1-4H2,(H,12,18)(H,13,19)(H,14,20)(H,21,22)/t5-,6-,7-/m0/s1. The zero-order chi connectivity index (χ0) is 18.0. The van der Waals surface area contributed by atoms with Crippen LogP contribution in [0.25, 0.3) is 0 Å². The van der Waals surface area contributed by atoms with Gasteiger partial charge < -0.3 is 36.4 Å². The Morgan fingerprint density at radius 1 is 0.783 bits per heavy atom. The van der Waals surface area contributed by atoms with E-state index in [-0.39, 0.29) is 5.75 Å². The predicted octanol–water partition coefficient (Wildman–Crippen LogP) is -4.57. The molecule has 0 unspecified atom stereocenters. The molecule has 0 aromatic carbocycles. The molecule has 12 heteroatoms. The van der Waals surface area contributed by atoms with Crippen molar-refractivity contribution >= 4 is 36.3 Å². The molecular formula is C11H19N3O8S. The smallest absolute Gasteiger partial charge is 0.328 e. The summed E-state index contributed by atoms with van der Waals surface area (Å²) < 4.78 is 0. The number of aliphatic hydroxyl groups excluding tert-OH is 3. The first-order valence-electron chi connectivity index (χ1n) is 6.37. The highest BCUT2D eigenvalue weighted by Crippen LogP contribution is 1.92. The molecule has 0 saturated heterocycles. The van der Waals surface area contributed by atoms with E-state index in [9.17, 15) is 19.2 Å². The highest BCUT2D eigenvalue weighted by atomic mass is 32.1. The number of hydrogen-bond acceptors (Lipinski definition) is 8. The van der Waals surface area contributed by atoms with E-state index >= 15 is 0 Å². The minimum Gasteiger partial charge on any atom is -0.480 e. The molecule has 0 bridgehead atoms. The van der Waals surface area contributed by atoms with Crippen LogP contribution in [0.3, 0.4) is 0 Å². The van der Waals surface area contributed by atoms with Gasteiger partial charge in [-0.15, -0.1) is 0 Å². The van der Waals surface area contributed by atoms with Crippen LogP contribution in [0.1, 0.15) is 0 Å². The summed E-state index contributed by atoms with van der Waals surface area (Å²) in [4.78, 5) is 45.4. The van der Waals surface area contributed by atoms with Crippen molar-refractivity contribution in [2.24, 2.45) is 0 Å². The van der Waals surface area contributed by atoms with Crippen LogP contribution in [0.2, 0.25) is 0 Å². The third-order valence-electron chi connectivity index (χ3n) is 2.59. The van der Waals surface area contributed by atoms with Gasteiger partial charge in [-0.3, -0.25) is 14.4 Å². The average Bonchev–Trinajstić information content (AvgIpc) is 2.53. The number of carbonyl (C=O) groups is 4. The number of amides is 3. The minimum atomic E-state index is -1.61. The average molecular weight is 353 g/mol. The second-order valence-electron chi connectivity index (χ2n) is 4.29. The molecule has 0 rings (SSSR count). The molecule has 0 fully saturated rings. The van der Waals surface area contributed by atoms with Crippen LogP contribution in [-0.2, 0) is 19.2 Å². The molecule has 0 aliphatic heterocycles. The molecular weight excluding hydrogens is 334 g/mol. The molecule has 132 valence electrons. The van der Waals surface area contributed by atoms with E-state index in [2.05, 4.69) is 17.9 Å². The Bertz CT molecular complexity index is 447. The normalized spacial score (nSPS) is 14.3. The number of thiol groups is 1. The molecule has 0 aliphatic carbocycles. The van der Waals surface area contributed by atoms with Crippen LogP contribution in [0.15, 0.2) is 0 Å². The van der Waals surface area contributed by atoms with Crippen LogP contribution in [-0.4, -0.2) is 87.8 Å². The molecule has 0 spiro atoms. The Morgan fingerprint density at radius 2 is 1.17 bits per heavy atom. The lowest BCUT2D eigenvalue weighted by Gasteiger charge is -2.21. The van der Waals surface area contributed by atoms with Gasteiger partial charge in [-0.2, -0.15) is 12.6 Å². The highest BCUT2D eigenvalue weighted by Gasteiger charge is 2.28. The van der Waals surface area contributed by atoms with Crippen molar-refractivity contribution in [3.63, 3.8) is 0 Å². The van der Waals surface area contributed by atoms with E-state index in [1.54, 1.807) is 0 Å². The fourth-order valence-corrected chi connectivity index (χ4v) is 1.45. The zero-order valence-electron chi connectivity index (χ0n) is 11.9. The lowest BCUT2D eigenvalue weighted by molar-refractivity contribution is -0.143. The number of carbonyl (C=O) groups excluding carboxylic acids is 3. The van der Waals surface area contributed by atoms with Crippen molar-refractivity contribution in [3.8, 4) is 0 Å². The van der Waals surface area contributed by atoms with Gasteiger partial charge >= 0.3 is 5.97 Å². The molecule has 3 atom stereocenters. The molecule has 0 aromatic rings. The molecule has 3 amide bonds. The van der Waals surface area contributed by atoms with Gasteiger partial charge in [-0.05, 0) is 0 Å². The lowest BCUT2D eigenvalue weighted by Crippen LogP contribution is -2.58. The molecule has 0 heterocycles. The largest absolute Gasteiger partial charge is 0.480 e. The molecule has 0 aliphatic rings. The van der Waals surface area contributed by atoms with Gasteiger partial charge in [-0.1, -0.05) is 0 Å². The number of aliphatic hydroxyl groups is 3. The van der Waals surface area contributed by atoms with Gasteiger partial charge in [0.1, 0.15) is 18.1 Å². The topological polar surface area (TPSA) is 185 Å². The van der Waals surface area contributed by atoms with Crippen molar-refractivity contribution in [1.82, 2.24) is 16.0 Å². The molecule has 0 aromatic heterocycles. The fourth-order valence-electron chi connectivity index (χ4n) is 1.36. The van der Waals surface area contributed by atoms with E-state index in [0.717, 1.165) is 0 Å². The van der Waals surface area contributed by atoms with Gasteiger partial charge in [0, 0.05) is 0 Å². The van der Waals surface area contributed by atoms with Gasteiger partial charge in [0.15, 0.2) is 0 Å². The molecule has 23 heavy (non-hydrogen) atoms. The first kappa shape index (κ1) is 21.1. The van der Waals surface area contributed by atoms with E-state index in [1.165, 1.54) is 0 Å². The summed E-state index contributed by atoms with van der Waals surface area (Å²) in [5.74, 6) is -4.39. The van der Waals surface area contributed by atoms with Crippen molar-refractivity contribution in [2.45, 2.75) is 18.1 Å². The number of hydrogen-bond donors (Lipinski definition) is 8. The summed E-state index contributed by atoms with van der Waals surface area (Å²) in [6, 6.07) is -4.51. The Labute approximate surface area is 136 Å². The maximum atomic E-state index is 11.8. The first-order valence-corrected chi connectivity index (χ1v) is 7.00. The lowest BCUT2D eigenvalue weighted by atomic mass is 10.2. The fraction of sp³-hybridized carbons (Fsp3) is 0.636. The third-order valence-corrected chi connectivity index (χ3v) is 2.88. The summed E-state index contributed by atoms with van der Waals surface area (Å²) in [6.45, 7) is -2.52. The van der Waals surface area contributed by atoms with Crippen LogP contribution in [0.4, 0.5) is 0 Å². The first-order chi connectivity index (χ1) is 10.8. The zero-order valence-corrected chi connectivity index (χ0v) is 12.8. The molecule has 11 nitrogen and oxygen atoms in total. The van der Waals surface area contributed by atoms with Crippen LogP contribution in [0.5, 0.6) is 0 Å². The van der Waals surface area contributed by atoms with Crippen molar-refractivity contribution < 1.29 is 39.6 Å². The Balaban J connectivity index is 4.78. The van der Waals surface area contributed by atoms with E-state index in [0.29, 0.717) is 0 Å². The van der Waals surface area contributed by atoms with Gasteiger partial charge in [0.25, 0.3) is 0 Å². The van der Waals surface area contributed by atoms with Crippen LogP contribution < -0.4 is 16.0 Å². The van der Waals surface area contributed by atoms with Gasteiger partial charge in [0.05, 0.1) is 25.6 Å². The Morgan fingerprint density at radius 3 is 1.52 bits per heavy atom. The van der Waals surface area contributed by atoms with Crippen LogP contribution in [0, 0.1) is 0 Å². The summed E-state index contributed by atoms with van der Waals surface area (Å²) in [7, 11) is 0. The number of aliphatic carboxylic acids is 1. The molecule has 7 N–H and O–H groups in total. The molecule has 0 radical (unpaired) electrons. The predicted molar refractivity (Wildman–Crippen MR) is 78.5 cm³/mol. The number of nitrogens with one attached hydrogen (secondary N) is 3. The monoisotopic (exact) mass is 353 g/mol. The van der Waals surface area contributed by atoms with Gasteiger partial charge in [-0.25, -0.2) is 4.79 Å². The summed E-state index contributed by atoms with van der Waals surface area (Å²) in [5.41, 5.74) is 0. The SMILES string of the molecule is O=C(CS)N[C@@H](CO)C(=O)N[C@@H](CO)C(=O)N[C@@H](CO)C(=O)O. The second kappa shape index (κ2) is 10.8. The molecule has 0 saturated carbocycles. The van der Waals surface area contributed by atoms with Crippen molar-refractivity contribution in [1.29, 1.82) is 0 Å². The van der Waals surface area contributed by atoms with Crippen molar-refractivity contribution in [2.75, 3.05) is 25.6 Å². The summed E-state index contributed by atoms with van der Waals surface area (Å²) in [6.07, 6.45) is 0. The van der Waals surface area contributed by atoms with Crippen molar-refractivity contribution in [3.05, 3.63) is 0 Å². The van der Waals surface area contributed by atoms with E-state index < -0.39 is 61.6 Å². The van der Waals surface area contributed by atoms with E-state index in [4.69, 9.17) is 20.4 Å². The minimum absolute atomic E-state index is 0.232. The van der Waals surface area contributed by atoms with Crippen LogP contribution >= 0.6 is 12.6 Å². The third kappa shape index (κ3) is 7.27. The highest BCUT2D eigenvalue weighted by molar-refractivity contribution is 7.81. The summed E-state index contributed by atoms with van der Waals surface area (Å²) >= 11 is 3.68. The Kier molecular flexibility index (Phi) is 9.89. The Hall–Kier alpha value is -1.89.